The second-order valence-corrected chi connectivity index (χ2v) is 6.31. The zero-order valence-corrected chi connectivity index (χ0v) is 14.1. The molecule has 1 aromatic carbocycles. The van der Waals surface area contributed by atoms with Gasteiger partial charge >= 0.3 is 6.09 Å². The molecule has 2 aromatic rings. The summed E-state index contributed by atoms with van der Waals surface area (Å²) < 4.78 is 15.6. The zero-order chi connectivity index (χ0) is 17.0. The Morgan fingerprint density at radius 3 is 2.61 bits per heavy atom. The molecule has 0 unspecified atom stereocenters. The van der Waals surface area contributed by atoms with E-state index >= 15 is 0 Å². The molecule has 1 heterocycles. The molecule has 6 nitrogen and oxygen atoms in total. The van der Waals surface area contributed by atoms with E-state index < -0.39 is 6.09 Å². The molecule has 0 radical (unpaired) electrons. The Morgan fingerprint density at radius 1 is 1.30 bits per heavy atom. The molecule has 1 N–H and O–H groups in total. The number of carbonyl (C=O) groups excluding carboxylic acids is 1. The number of rotatable bonds is 4. The summed E-state index contributed by atoms with van der Waals surface area (Å²) in [6.45, 7) is 8.40. The molecular formula is C17H22N2O4. The van der Waals surface area contributed by atoms with Crippen molar-refractivity contribution < 1.29 is 18.8 Å². The quantitative estimate of drug-likeness (QED) is 0.921. The summed E-state index contributed by atoms with van der Waals surface area (Å²) in [6, 6.07) is 7.29. The molecule has 0 fully saturated rings. The predicted molar refractivity (Wildman–Crippen MR) is 86.7 cm³/mol. The fourth-order valence-electron chi connectivity index (χ4n) is 1.92. The van der Waals surface area contributed by atoms with Gasteiger partial charge in [-0.25, -0.2) is 4.79 Å². The SMILES string of the molecule is COC(=O)Nc1ccc(OCc2cc(C(C)(C)C)no2)cc1C. The van der Waals surface area contributed by atoms with Crippen molar-refractivity contribution in [2.24, 2.45) is 0 Å². The van der Waals surface area contributed by atoms with Crippen LogP contribution >= 0.6 is 0 Å². The Hall–Kier alpha value is -2.50. The van der Waals surface area contributed by atoms with E-state index in [1.807, 2.05) is 19.1 Å². The molecule has 0 spiro atoms. The molecule has 0 aliphatic heterocycles. The van der Waals surface area contributed by atoms with Crippen molar-refractivity contribution in [3.8, 4) is 5.75 Å². The van der Waals surface area contributed by atoms with Gasteiger partial charge in [0.1, 0.15) is 12.4 Å². The molecule has 6 heteroatoms. The minimum absolute atomic E-state index is 0.0560. The average molecular weight is 318 g/mol. The van der Waals surface area contributed by atoms with E-state index in [1.54, 1.807) is 12.1 Å². The molecular weight excluding hydrogens is 296 g/mol. The highest BCUT2D eigenvalue weighted by atomic mass is 16.5. The van der Waals surface area contributed by atoms with Gasteiger partial charge in [0.15, 0.2) is 5.76 Å². The lowest BCUT2D eigenvalue weighted by atomic mass is 9.92. The van der Waals surface area contributed by atoms with Crippen molar-refractivity contribution in [3.63, 3.8) is 0 Å². The Morgan fingerprint density at radius 2 is 2.04 bits per heavy atom. The maximum atomic E-state index is 11.2. The Kier molecular flexibility index (Phi) is 4.93. The monoisotopic (exact) mass is 318 g/mol. The normalized spacial score (nSPS) is 11.2. The smallest absolute Gasteiger partial charge is 0.411 e. The minimum Gasteiger partial charge on any atom is -0.486 e. The molecule has 1 aromatic heterocycles. The van der Waals surface area contributed by atoms with Crippen molar-refractivity contribution in [1.29, 1.82) is 0 Å². The number of amides is 1. The largest absolute Gasteiger partial charge is 0.486 e. The van der Waals surface area contributed by atoms with Crippen LogP contribution in [0.15, 0.2) is 28.8 Å². The van der Waals surface area contributed by atoms with E-state index in [-0.39, 0.29) is 5.41 Å². The number of nitrogens with one attached hydrogen (secondary N) is 1. The first-order valence-electron chi connectivity index (χ1n) is 7.34. The highest BCUT2D eigenvalue weighted by molar-refractivity contribution is 5.85. The first kappa shape index (κ1) is 16.9. The summed E-state index contributed by atoms with van der Waals surface area (Å²) in [7, 11) is 1.32. The van der Waals surface area contributed by atoms with E-state index in [4.69, 9.17) is 9.26 Å². The van der Waals surface area contributed by atoms with E-state index in [1.165, 1.54) is 7.11 Å². The van der Waals surface area contributed by atoms with Gasteiger partial charge in [-0.05, 0) is 30.7 Å². The zero-order valence-electron chi connectivity index (χ0n) is 14.1. The molecule has 0 aliphatic carbocycles. The van der Waals surface area contributed by atoms with Crippen LogP contribution in [0.25, 0.3) is 0 Å². The molecule has 124 valence electrons. The maximum Gasteiger partial charge on any atom is 0.411 e. The molecule has 0 atom stereocenters. The van der Waals surface area contributed by atoms with Crippen LogP contribution in [-0.2, 0) is 16.8 Å². The third-order valence-corrected chi connectivity index (χ3v) is 3.33. The van der Waals surface area contributed by atoms with Crippen LogP contribution in [0, 0.1) is 6.92 Å². The summed E-state index contributed by atoms with van der Waals surface area (Å²) in [4.78, 5) is 11.2. The number of hydrogen-bond donors (Lipinski definition) is 1. The predicted octanol–water partition coefficient (Wildman–Crippen LogP) is 4.04. The van der Waals surface area contributed by atoms with Gasteiger partial charge in [0.05, 0.1) is 12.8 Å². The van der Waals surface area contributed by atoms with Crippen molar-refractivity contribution in [3.05, 3.63) is 41.3 Å². The van der Waals surface area contributed by atoms with Gasteiger partial charge < -0.3 is 14.0 Å². The van der Waals surface area contributed by atoms with Gasteiger partial charge in [0.2, 0.25) is 0 Å². The first-order valence-corrected chi connectivity index (χ1v) is 7.34. The second kappa shape index (κ2) is 6.73. The minimum atomic E-state index is -0.502. The third kappa shape index (κ3) is 4.48. The molecule has 0 saturated carbocycles. The maximum absolute atomic E-state index is 11.2. The van der Waals surface area contributed by atoms with Crippen LogP contribution in [0.3, 0.4) is 0 Å². The molecule has 2 rings (SSSR count). The highest BCUT2D eigenvalue weighted by Gasteiger charge is 2.19. The second-order valence-electron chi connectivity index (χ2n) is 6.31. The standard InChI is InChI=1S/C17H22N2O4/c1-11-8-12(6-7-14(11)18-16(20)21-5)22-10-13-9-15(19-23-13)17(2,3)4/h6-9H,10H2,1-5H3,(H,18,20). The van der Waals surface area contributed by atoms with Gasteiger partial charge in [0, 0.05) is 17.2 Å². The summed E-state index contributed by atoms with van der Waals surface area (Å²) in [5.41, 5.74) is 2.39. The summed E-state index contributed by atoms with van der Waals surface area (Å²) in [6.07, 6.45) is -0.502. The van der Waals surface area contributed by atoms with Crippen molar-refractivity contribution in [1.82, 2.24) is 5.16 Å². The first-order chi connectivity index (χ1) is 10.8. The molecule has 0 saturated heterocycles. The van der Waals surface area contributed by atoms with Crippen molar-refractivity contribution in [2.75, 3.05) is 12.4 Å². The Labute approximate surface area is 135 Å². The van der Waals surface area contributed by atoms with Gasteiger partial charge in [-0.3, -0.25) is 5.32 Å². The van der Waals surface area contributed by atoms with Gasteiger partial charge in [-0.2, -0.15) is 0 Å². The van der Waals surface area contributed by atoms with Gasteiger partial charge in [-0.1, -0.05) is 25.9 Å². The van der Waals surface area contributed by atoms with Gasteiger partial charge in [-0.15, -0.1) is 0 Å². The number of ether oxygens (including phenoxy) is 2. The van der Waals surface area contributed by atoms with E-state index in [0.717, 1.165) is 11.3 Å². The fraction of sp³-hybridized carbons (Fsp3) is 0.412. The molecule has 1 amide bonds. The van der Waals surface area contributed by atoms with Crippen LogP contribution in [0.1, 0.15) is 37.8 Å². The lowest BCUT2D eigenvalue weighted by Gasteiger charge is -2.12. The summed E-state index contributed by atoms with van der Waals surface area (Å²) >= 11 is 0. The highest BCUT2D eigenvalue weighted by Crippen LogP contribution is 2.24. The topological polar surface area (TPSA) is 73.6 Å². The summed E-state index contributed by atoms with van der Waals surface area (Å²) in [5, 5.41) is 6.69. The lowest BCUT2D eigenvalue weighted by molar-refractivity contribution is 0.187. The lowest BCUT2D eigenvalue weighted by Crippen LogP contribution is -2.11. The fourth-order valence-corrected chi connectivity index (χ4v) is 1.92. The van der Waals surface area contributed by atoms with Crippen LogP contribution in [0.4, 0.5) is 10.5 Å². The summed E-state index contributed by atoms with van der Waals surface area (Å²) in [5.74, 6) is 1.36. The number of hydrogen-bond acceptors (Lipinski definition) is 5. The number of aromatic nitrogens is 1. The average Bonchev–Trinajstić information content (AvgIpc) is 2.96. The molecule has 0 bridgehead atoms. The molecule has 0 aliphatic rings. The van der Waals surface area contributed by atoms with Crippen LogP contribution in [0.5, 0.6) is 5.75 Å². The van der Waals surface area contributed by atoms with Gasteiger partial charge in [0.25, 0.3) is 0 Å². The number of carbonyl (C=O) groups is 1. The van der Waals surface area contributed by atoms with Crippen LogP contribution < -0.4 is 10.1 Å². The van der Waals surface area contributed by atoms with E-state index in [9.17, 15) is 4.79 Å². The third-order valence-electron chi connectivity index (χ3n) is 3.33. The van der Waals surface area contributed by atoms with Crippen molar-refractivity contribution in [2.45, 2.75) is 39.7 Å². The number of nitrogens with zero attached hydrogens (tertiary/aromatic N) is 1. The number of methoxy groups -OCH3 is 1. The van der Waals surface area contributed by atoms with Crippen LogP contribution in [-0.4, -0.2) is 18.4 Å². The number of anilines is 1. The van der Waals surface area contributed by atoms with E-state index in [0.29, 0.717) is 23.8 Å². The van der Waals surface area contributed by atoms with Crippen LogP contribution in [0.2, 0.25) is 0 Å². The Bertz CT molecular complexity index is 686. The number of benzene rings is 1. The number of aryl methyl sites for hydroxylation is 1. The van der Waals surface area contributed by atoms with Crippen molar-refractivity contribution >= 4 is 11.8 Å². The molecule has 23 heavy (non-hydrogen) atoms. The van der Waals surface area contributed by atoms with E-state index in [2.05, 4.69) is 36.0 Å². The Balaban J connectivity index is 2.00.